The highest BCUT2D eigenvalue weighted by atomic mass is 16.5. The van der Waals surface area contributed by atoms with Crippen molar-refractivity contribution >= 4 is 28.3 Å². The van der Waals surface area contributed by atoms with Gasteiger partial charge in [-0.05, 0) is 61.2 Å². The monoisotopic (exact) mass is 513 g/mol. The number of morpholine rings is 1. The maximum absolute atomic E-state index is 13.8. The van der Waals surface area contributed by atoms with Gasteiger partial charge in [-0.3, -0.25) is 14.8 Å². The van der Waals surface area contributed by atoms with E-state index in [-0.39, 0.29) is 17.8 Å². The highest BCUT2D eigenvalue weighted by Gasteiger charge is 2.32. The lowest BCUT2D eigenvalue weighted by Gasteiger charge is -2.28. The number of fused-ring (bicyclic) bond motifs is 1. The van der Waals surface area contributed by atoms with Gasteiger partial charge in [-0.25, -0.2) is 9.97 Å². The van der Waals surface area contributed by atoms with E-state index in [1.165, 1.54) is 0 Å². The smallest absolute Gasteiger partial charge is 0.259 e. The number of benzene rings is 1. The fraction of sp³-hybridized carbons (Fsp3) is 0.357. The summed E-state index contributed by atoms with van der Waals surface area (Å²) in [5.74, 6) is 0.437. The molecule has 2 aliphatic rings. The molecule has 0 spiro atoms. The van der Waals surface area contributed by atoms with E-state index in [4.69, 9.17) is 9.72 Å². The first-order valence-corrected chi connectivity index (χ1v) is 13.0. The molecular weight excluding hydrogens is 482 g/mol. The minimum Gasteiger partial charge on any atom is -0.493 e. The highest BCUT2D eigenvalue weighted by molar-refractivity contribution is 6.08. The predicted octanol–water partition coefficient (Wildman–Crippen LogP) is 3.79. The lowest BCUT2D eigenvalue weighted by atomic mass is 10.1. The Labute approximate surface area is 220 Å². The number of amides is 1. The second-order valence-electron chi connectivity index (χ2n) is 9.94. The van der Waals surface area contributed by atoms with Gasteiger partial charge in [-0.1, -0.05) is 0 Å². The number of ether oxygens (including phenoxy) is 1. The number of hydrogen-bond acceptors (Lipinski definition) is 8. The number of aromatic hydroxyl groups is 1. The Balaban J connectivity index is 1.34. The molecule has 2 saturated heterocycles. The van der Waals surface area contributed by atoms with Crippen LogP contribution in [0.2, 0.25) is 0 Å². The molecule has 10 nitrogen and oxygen atoms in total. The first-order valence-electron chi connectivity index (χ1n) is 13.0. The summed E-state index contributed by atoms with van der Waals surface area (Å²) in [6.07, 6.45) is 5.67. The largest absolute Gasteiger partial charge is 0.493 e. The molecule has 1 atom stereocenters. The van der Waals surface area contributed by atoms with Crippen LogP contribution < -0.4 is 10.2 Å². The maximum atomic E-state index is 13.8. The molecule has 6 rings (SSSR count). The van der Waals surface area contributed by atoms with Gasteiger partial charge in [-0.2, -0.15) is 5.10 Å². The number of aromatic nitrogens is 4. The number of anilines is 2. The molecule has 196 valence electrons. The van der Waals surface area contributed by atoms with Gasteiger partial charge in [-0.15, -0.1) is 0 Å². The standard InChI is InChI=1S/C28H31N7O3/c1-18-13-26(36)32-23-5-4-20(15-21(18)23)31-28(37)22-14-19(17-34-9-11-38-12-10-34)16-29-27(22)35-8-2-3-25(35)24-6-7-30-33-24/h4-7,13-16,25H,2-3,8-12,17H2,1H3,(H,30,33)(H,31,37)(H,32,36). The summed E-state index contributed by atoms with van der Waals surface area (Å²) in [6.45, 7) is 6.57. The number of nitrogens with zero attached hydrogens (tertiary/aromatic N) is 5. The van der Waals surface area contributed by atoms with E-state index in [0.717, 1.165) is 54.7 Å². The third-order valence-corrected chi connectivity index (χ3v) is 7.33. The van der Waals surface area contributed by atoms with Crippen LogP contribution in [0.5, 0.6) is 5.88 Å². The fourth-order valence-corrected chi connectivity index (χ4v) is 5.44. The van der Waals surface area contributed by atoms with Crippen molar-refractivity contribution in [2.45, 2.75) is 32.4 Å². The fourth-order valence-electron chi connectivity index (χ4n) is 5.44. The van der Waals surface area contributed by atoms with Gasteiger partial charge >= 0.3 is 0 Å². The molecule has 0 bridgehead atoms. The molecule has 38 heavy (non-hydrogen) atoms. The molecule has 1 aromatic carbocycles. The molecule has 1 unspecified atom stereocenters. The van der Waals surface area contributed by atoms with Crippen LogP contribution in [-0.2, 0) is 11.3 Å². The quantitative estimate of drug-likeness (QED) is 0.356. The molecule has 4 aromatic rings. The Bertz CT molecular complexity index is 1450. The van der Waals surface area contributed by atoms with Crippen molar-refractivity contribution in [3.05, 3.63) is 71.2 Å². The SMILES string of the molecule is Cc1cc(O)nc2ccc(NC(=O)c3cc(CN4CCOCC4)cnc3N3CCCC3c3cc[nH]n3)cc12. The number of H-pyrrole nitrogens is 1. The van der Waals surface area contributed by atoms with Crippen molar-refractivity contribution in [2.24, 2.45) is 0 Å². The van der Waals surface area contributed by atoms with E-state index in [1.807, 2.05) is 37.5 Å². The van der Waals surface area contributed by atoms with Crippen LogP contribution in [0.3, 0.4) is 0 Å². The Kier molecular flexibility index (Phi) is 6.65. The van der Waals surface area contributed by atoms with E-state index in [2.05, 4.69) is 30.3 Å². The maximum Gasteiger partial charge on any atom is 0.259 e. The molecule has 0 aliphatic carbocycles. The lowest BCUT2D eigenvalue weighted by molar-refractivity contribution is 0.0341. The Hall–Kier alpha value is -4.02. The second-order valence-corrected chi connectivity index (χ2v) is 9.94. The number of carbonyl (C=O) groups excluding carboxylic acids is 1. The Morgan fingerprint density at radius 1 is 1.18 bits per heavy atom. The zero-order valence-electron chi connectivity index (χ0n) is 21.4. The predicted molar refractivity (Wildman–Crippen MR) is 144 cm³/mol. The normalized spacial score (nSPS) is 18.2. The van der Waals surface area contributed by atoms with Crippen LogP contribution >= 0.6 is 0 Å². The second kappa shape index (κ2) is 10.4. The first kappa shape index (κ1) is 24.3. The van der Waals surface area contributed by atoms with E-state index < -0.39 is 0 Å². The summed E-state index contributed by atoms with van der Waals surface area (Å²) in [6, 6.07) is 11.1. The molecule has 2 aliphatic heterocycles. The molecule has 5 heterocycles. The molecule has 3 N–H and O–H groups in total. The zero-order chi connectivity index (χ0) is 26.1. The minimum absolute atomic E-state index is 0.0170. The topological polar surface area (TPSA) is 120 Å². The van der Waals surface area contributed by atoms with Crippen molar-refractivity contribution in [3.8, 4) is 5.88 Å². The number of aromatic amines is 1. The molecular formula is C28H31N7O3. The number of carbonyl (C=O) groups is 1. The number of rotatable bonds is 6. The van der Waals surface area contributed by atoms with E-state index in [1.54, 1.807) is 18.2 Å². The van der Waals surface area contributed by atoms with Gasteiger partial charge < -0.3 is 20.1 Å². The van der Waals surface area contributed by atoms with Crippen molar-refractivity contribution in [1.29, 1.82) is 0 Å². The van der Waals surface area contributed by atoms with Crippen LogP contribution in [0.4, 0.5) is 11.5 Å². The minimum atomic E-state index is -0.215. The van der Waals surface area contributed by atoms with Crippen LogP contribution in [0, 0.1) is 6.92 Å². The van der Waals surface area contributed by atoms with Crippen LogP contribution in [0.25, 0.3) is 10.9 Å². The van der Waals surface area contributed by atoms with Crippen molar-refractivity contribution in [2.75, 3.05) is 43.1 Å². The van der Waals surface area contributed by atoms with Gasteiger partial charge in [0, 0.05) is 55.7 Å². The van der Waals surface area contributed by atoms with Crippen LogP contribution in [0.15, 0.2) is 48.8 Å². The molecule has 10 heteroatoms. The van der Waals surface area contributed by atoms with Gasteiger partial charge in [0.2, 0.25) is 5.88 Å². The van der Waals surface area contributed by atoms with Crippen molar-refractivity contribution in [3.63, 3.8) is 0 Å². The van der Waals surface area contributed by atoms with E-state index >= 15 is 0 Å². The average molecular weight is 514 g/mol. The van der Waals surface area contributed by atoms with Crippen LogP contribution in [0.1, 0.15) is 46.1 Å². The lowest BCUT2D eigenvalue weighted by Crippen LogP contribution is -2.35. The summed E-state index contributed by atoms with van der Waals surface area (Å²) in [5.41, 5.74) is 4.71. The molecule has 0 radical (unpaired) electrons. The highest BCUT2D eigenvalue weighted by Crippen LogP contribution is 2.36. The van der Waals surface area contributed by atoms with Crippen molar-refractivity contribution in [1.82, 2.24) is 25.1 Å². The summed E-state index contributed by atoms with van der Waals surface area (Å²) in [7, 11) is 0. The molecule has 3 aromatic heterocycles. The third kappa shape index (κ3) is 4.92. The van der Waals surface area contributed by atoms with Gasteiger partial charge in [0.05, 0.1) is 36.0 Å². The van der Waals surface area contributed by atoms with Crippen LogP contribution in [-0.4, -0.2) is 68.9 Å². The molecule has 0 saturated carbocycles. The van der Waals surface area contributed by atoms with Gasteiger partial charge in [0.1, 0.15) is 5.82 Å². The Morgan fingerprint density at radius 2 is 2.05 bits per heavy atom. The van der Waals surface area contributed by atoms with E-state index in [0.29, 0.717) is 42.3 Å². The first-order chi connectivity index (χ1) is 18.5. The average Bonchev–Trinajstić information content (AvgIpc) is 3.62. The third-order valence-electron chi connectivity index (χ3n) is 7.33. The number of aryl methyl sites for hydroxylation is 1. The van der Waals surface area contributed by atoms with Crippen molar-refractivity contribution < 1.29 is 14.6 Å². The van der Waals surface area contributed by atoms with E-state index in [9.17, 15) is 9.90 Å². The zero-order valence-corrected chi connectivity index (χ0v) is 21.4. The molecule has 2 fully saturated rings. The number of hydrogen-bond donors (Lipinski definition) is 3. The van der Waals surface area contributed by atoms with Gasteiger partial charge in [0.25, 0.3) is 5.91 Å². The summed E-state index contributed by atoms with van der Waals surface area (Å²) < 4.78 is 5.49. The summed E-state index contributed by atoms with van der Waals surface area (Å²) in [5, 5.41) is 21.1. The Morgan fingerprint density at radius 3 is 2.87 bits per heavy atom. The summed E-state index contributed by atoms with van der Waals surface area (Å²) >= 11 is 0. The number of nitrogens with one attached hydrogen (secondary N) is 2. The summed E-state index contributed by atoms with van der Waals surface area (Å²) in [4.78, 5) is 27.4. The molecule has 1 amide bonds. The van der Waals surface area contributed by atoms with Gasteiger partial charge in [0.15, 0.2) is 0 Å². The number of pyridine rings is 2.